The maximum atomic E-state index is 11.3. The van der Waals surface area contributed by atoms with Crippen molar-refractivity contribution in [3.8, 4) is 0 Å². The molecule has 0 amide bonds. The molecule has 0 N–H and O–H groups in total. The molecule has 3 nitrogen and oxygen atoms in total. The van der Waals surface area contributed by atoms with E-state index >= 15 is 0 Å². The maximum Gasteiger partial charge on any atom is 0.277 e. The van der Waals surface area contributed by atoms with Gasteiger partial charge in [0, 0.05) is 11.5 Å². The molecule has 0 atom stereocenters. The van der Waals surface area contributed by atoms with Crippen LogP contribution in [-0.2, 0) is 5.41 Å². The molecule has 0 aliphatic heterocycles. The first-order chi connectivity index (χ1) is 10.9. The van der Waals surface area contributed by atoms with Crippen LogP contribution in [0.5, 0.6) is 0 Å². The van der Waals surface area contributed by atoms with Crippen molar-refractivity contribution in [2.45, 2.75) is 26.2 Å². The van der Waals surface area contributed by atoms with Gasteiger partial charge < -0.3 is 0 Å². The zero-order valence-corrected chi connectivity index (χ0v) is 13.4. The van der Waals surface area contributed by atoms with Gasteiger partial charge in [0.15, 0.2) is 0 Å². The fourth-order valence-corrected chi connectivity index (χ4v) is 3.40. The Morgan fingerprint density at radius 1 is 0.826 bits per heavy atom. The second-order valence-electron chi connectivity index (χ2n) is 7.17. The van der Waals surface area contributed by atoms with Gasteiger partial charge in [-0.25, -0.2) is 0 Å². The standard InChI is InChI=1S/C20H17NO2/c1-20(2,3)15-10-13-5-4-12-7-9-17(21(22)23)16-8-6-14(11-15)18(13)19(12)16/h4-11H,1-3H3. The third-order valence-corrected chi connectivity index (χ3v) is 4.64. The highest BCUT2D eigenvalue weighted by molar-refractivity contribution is 6.24. The lowest BCUT2D eigenvalue weighted by molar-refractivity contribution is -0.383. The van der Waals surface area contributed by atoms with Crippen molar-refractivity contribution in [3.05, 3.63) is 64.2 Å². The molecule has 0 unspecified atom stereocenters. The smallest absolute Gasteiger partial charge is 0.258 e. The Balaban J connectivity index is 2.22. The lowest BCUT2D eigenvalue weighted by atomic mass is 9.83. The molecule has 0 spiro atoms. The van der Waals surface area contributed by atoms with Gasteiger partial charge in [0.25, 0.3) is 5.69 Å². The third-order valence-electron chi connectivity index (χ3n) is 4.64. The van der Waals surface area contributed by atoms with Crippen LogP contribution in [0.2, 0.25) is 0 Å². The molecule has 0 aliphatic carbocycles. The lowest BCUT2D eigenvalue weighted by Gasteiger charge is -2.21. The minimum absolute atomic E-state index is 0.0659. The fourth-order valence-electron chi connectivity index (χ4n) is 3.40. The van der Waals surface area contributed by atoms with Crippen molar-refractivity contribution in [1.29, 1.82) is 0 Å². The molecule has 0 saturated heterocycles. The first-order valence-electron chi connectivity index (χ1n) is 7.73. The average Bonchev–Trinajstić information content (AvgIpc) is 2.50. The van der Waals surface area contributed by atoms with Crippen LogP contribution in [0.4, 0.5) is 5.69 Å². The SMILES string of the molecule is CC(C)(C)c1cc2ccc3ccc([N+](=O)[O-])c4ccc(c1)c2c34. The average molecular weight is 303 g/mol. The summed E-state index contributed by atoms with van der Waals surface area (Å²) in [4.78, 5) is 11.0. The van der Waals surface area contributed by atoms with Crippen LogP contribution in [0.1, 0.15) is 26.3 Å². The van der Waals surface area contributed by atoms with Crippen LogP contribution < -0.4 is 0 Å². The fraction of sp³-hybridized carbons (Fsp3) is 0.200. The summed E-state index contributed by atoms with van der Waals surface area (Å²) in [6.07, 6.45) is 0. The third kappa shape index (κ3) is 1.96. The summed E-state index contributed by atoms with van der Waals surface area (Å²) in [7, 11) is 0. The Morgan fingerprint density at radius 2 is 1.39 bits per heavy atom. The second kappa shape index (κ2) is 4.42. The number of hydrogen-bond donors (Lipinski definition) is 0. The molecule has 0 heterocycles. The molecule has 4 aromatic rings. The van der Waals surface area contributed by atoms with Gasteiger partial charge in [0.1, 0.15) is 0 Å². The van der Waals surface area contributed by atoms with Gasteiger partial charge in [0.2, 0.25) is 0 Å². The first kappa shape index (κ1) is 13.9. The second-order valence-corrected chi connectivity index (χ2v) is 7.17. The molecule has 4 aromatic carbocycles. The summed E-state index contributed by atoms with van der Waals surface area (Å²) in [6, 6.07) is 15.9. The molecule has 0 radical (unpaired) electrons. The molecule has 4 rings (SSSR count). The molecular formula is C20H17NO2. The van der Waals surface area contributed by atoms with E-state index in [2.05, 4.69) is 45.0 Å². The normalized spacial score (nSPS) is 12.5. The number of hydrogen-bond acceptors (Lipinski definition) is 2. The number of rotatable bonds is 1. The van der Waals surface area contributed by atoms with E-state index in [1.807, 2.05) is 18.2 Å². The van der Waals surface area contributed by atoms with Crippen molar-refractivity contribution >= 4 is 38.0 Å². The first-order valence-corrected chi connectivity index (χ1v) is 7.73. The van der Waals surface area contributed by atoms with E-state index in [1.165, 1.54) is 5.56 Å². The van der Waals surface area contributed by atoms with Gasteiger partial charge in [-0.05, 0) is 44.7 Å². The lowest BCUT2D eigenvalue weighted by Crippen LogP contribution is -2.10. The van der Waals surface area contributed by atoms with E-state index in [0.29, 0.717) is 5.39 Å². The minimum Gasteiger partial charge on any atom is -0.258 e. The Morgan fingerprint density at radius 3 is 2.00 bits per heavy atom. The van der Waals surface area contributed by atoms with E-state index in [0.717, 1.165) is 26.9 Å². The molecule has 3 heteroatoms. The van der Waals surface area contributed by atoms with Gasteiger partial charge in [-0.1, -0.05) is 51.1 Å². The maximum absolute atomic E-state index is 11.3. The van der Waals surface area contributed by atoms with Gasteiger partial charge in [-0.2, -0.15) is 0 Å². The molecule has 23 heavy (non-hydrogen) atoms. The van der Waals surface area contributed by atoms with E-state index < -0.39 is 0 Å². The largest absolute Gasteiger partial charge is 0.277 e. The molecule has 0 bridgehead atoms. The van der Waals surface area contributed by atoms with Gasteiger partial charge in [0.05, 0.1) is 10.3 Å². The number of nitro benzene ring substituents is 1. The summed E-state index contributed by atoms with van der Waals surface area (Å²) in [5.74, 6) is 0. The van der Waals surface area contributed by atoms with E-state index in [1.54, 1.807) is 6.07 Å². The summed E-state index contributed by atoms with van der Waals surface area (Å²) in [5, 5.41) is 17.5. The number of nitrogens with zero attached hydrogens (tertiary/aromatic N) is 1. The summed E-state index contributed by atoms with van der Waals surface area (Å²) in [5.41, 5.74) is 1.51. The van der Waals surface area contributed by atoms with E-state index in [-0.39, 0.29) is 16.0 Å². The summed E-state index contributed by atoms with van der Waals surface area (Å²) >= 11 is 0. The molecule has 0 saturated carbocycles. The Bertz CT molecular complexity index is 1060. The highest BCUT2D eigenvalue weighted by Crippen LogP contribution is 2.40. The quantitative estimate of drug-likeness (QED) is 0.254. The van der Waals surface area contributed by atoms with Gasteiger partial charge in [-0.3, -0.25) is 10.1 Å². The Labute approximate surface area is 134 Å². The predicted octanol–water partition coefficient (Wildman–Crippen LogP) is 5.79. The van der Waals surface area contributed by atoms with Crippen molar-refractivity contribution in [3.63, 3.8) is 0 Å². The highest BCUT2D eigenvalue weighted by atomic mass is 16.6. The van der Waals surface area contributed by atoms with Crippen LogP contribution >= 0.6 is 0 Å². The number of nitro groups is 1. The van der Waals surface area contributed by atoms with Gasteiger partial charge in [-0.15, -0.1) is 0 Å². The highest BCUT2D eigenvalue weighted by Gasteiger charge is 2.19. The van der Waals surface area contributed by atoms with Gasteiger partial charge >= 0.3 is 0 Å². The minimum atomic E-state index is -0.299. The van der Waals surface area contributed by atoms with Crippen LogP contribution in [0.25, 0.3) is 32.3 Å². The molecule has 114 valence electrons. The number of benzene rings is 4. The van der Waals surface area contributed by atoms with Crippen molar-refractivity contribution in [2.75, 3.05) is 0 Å². The molecule has 0 aromatic heterocycles. The topological polar surface area (TPSA) is 43.1 Å². The summed E-state index contributed by atoms with van der Waals surface area (Å²) < 4.78 is 0. The Kier molecular flexibility index (Phi) is 2.68. The molecule has 0 aliphatic rings. The molecular weight excluding hydrogens is 286 g/mol. The van der Waals surface area contributed by atoms with Crippen LogP contribution in [0, 0.1) is 10.1 Å². The zero-order valence-electron chi connectivity index (χ0n) is 13.4. The van der Waals surface area contributed by atoms with Crippen molar-refractivity contribution in [2.24, 2.45) is 0 Å². The Hall–Kier alpha value is -2.68. The zero-order chi connectivity index (χ0) is 16.4. The predicted molar refractivity (Wildman–Crippen MR) is 95.5 cm³/mol. The van der Waals surface area contributed by atoms with Crippen molar-refractivity contribution in [1.82, 2.24) is 0 Å². The summed E-state index contributed by atoms with van der Waals surface area (Å²) in [6.45, 7) is 6.60. The van der Waals surface area contributed by atoms with Crippen LogP contribution in [0.3, 0.4) is 0 Å². The van der Waals surface area contributed by atoms with E-state index in [4.69, 9.17) is 0 Å². The van der Waals surface area contributed by atoms with Crippen molar-refractivity contribution < 1.29 is 4.92 Å². The van der Waals surface area contributed by atoms with E-state index in [9.17, 15) is 10.1 Å². The molecule has 0 fully saturated rings. The van der Waals surface area contributed by atoms with Crippen LogP contribution in [-0.4, -0.2) is 4.92 Å². The number of non-ortho nitro benzene ring substituents is 1. The van der Waals surface area contributed by atoms with Crippen LogP contribution in [0.15, 0.2) is 48.5 Å². The monoisotopic (exact) mass is 303 g/mol.